The van der Waals surface area contributed by atoms with E-state index in [1.54, 1.807) is 19.2 Å². The highest BCUT2D eigenvalue weighted by Crippen LogP contribution is 2.12. The molecule has 0 amide bonds. The van der Waals surface area contributed by atoms with E-state index in [0.717, 1.165) is 58.2 Å². The van der Waals surface area contributed by atoms with E-state index in [9.17, 15) is 4.39 Å². The molecule has 1 aromatic carbocycles. The number of hydrogen-bond acceptors (Lipinski definition) is 4. The zero-order valence-corrected chi connectivity index (χ0v) is 20.2. The van der Waals surface area contributed by atoms with Crippen molar-refractivity contribution in [2.45, 2.75) is 32.7 Å². The van der Waals surface area contributed by atoms with Gasteiger partial charge in [-0.15, -0.1) is 24.0 Å². The van der Waals surface area contributed by atoms with Crippen LogP contribution in [0, 0.1) is 11.7 Å². The molecule has 1 aliphatic rings. The molecule has 2 N–H and O–H groups in total. The minimum Gasteiger partial charge on any atom is -0.494 e. The van der Waals surface area contributed by atoms with Crippen LogP contribution >= 0.6 is 24.0 Å². The summed E-state index contributed by atoms with van der Waals surface area (Å²) in [5.41, 5.74) is 0. The van der Waals surface area contributed by atoms with Crippen LogP contribution < -0.4 is 15.4 Å². The van der Waals surface area contributed by atoms with E-state index in [1.165, 1.54) is 12.1 Å². The minimum atomic E-state index is -0.247. The van der Waals surface area contributed by atoms with Gasteiger partial charge in [0.15, 0.2) is 5.96 Å². The molecular weight excluding hydrogens is 486 g/mol. The fraction of sp³-hybridized carbons (Fsp3) is 0.667. The average Bonchev–Trinajstić information content (AvgIpc) is 2.71. The van der Waals surface area contributed by atoms with E-state index in [1.807, 2.05) is 0 Å². The molecule has 1 aliphatic heterocycles. The maximum atomic E-state index is 12.9. The van der Waals surface area contributed by atoms with Crippen LogP contribution in [0.4, 0.5) is 4.39 Å². The van der Waals surface area contributed by atoms with Gasteiger partial charge in [0.2, 0.25) is 0 Å². The number of unbranched alkanes of at least 4 members (excludes halogenated alkanes) is 1. The molecule has 0 aliphatic carbocycles. The third kappa shape index (κ3) is 9.95. The van der Waals surface area contributed by atoms with Crippen molar-refractivity contribution in [3.05, 3.63) is 30.1 Å². The van der Waals surface area contributed by atoms with Crippen molar-refractivity contribution in [3.63, 3.8) is 0 Å². The predicted molar refractivity (Wildman–Crippen MR) is 127 cm³/mol. The maximum absolute atomic E-state index is 12.9. The van der Waals surface area contributed by atoms with Crippen molar-refractivity contribution in [3.8, 4) is 5.75 Å². The van der Waals surface area contributed by atoms with Crippen molar-refractivity contribution in [1.29, 1.82) is 0 Å². The third-order valence-corrected chi connectivity index (χ3v) is 4.93. The Morgan fingerprint density at radius 2 is 1.86 bits per heavy atom. The van der Waals surface area contributed by atoms with Gasteiger partial charge >= 0.3 is 0 Å². The summed E-state index contributed by atoms with van der Waals surface area (Å²) < 4.78 is 23.9. The average molecular weight is 522 g/mol. The number of halogens is 2. The zero-order valence-electron chi connectivity index (χ0n) is 17.8. The molecule has 1 atom stereocenters. The zero-order chi connectivity index (χ0) is 20.2. The topological polar surface area (TPSA) is 58.1 Å². The quantitative estimate of drug-likeness (QED) is 0.214. The molecule has 1 saturated heterocycles. The van der Waals surface area contributed by atoms with E-state index < -0.39 is 0 Å². The number of aliphatic imine (C=N–C) groups is 1. The number of morpholine rings is 1. The van der Waals surface area contributed by atoms with Gasteiger partial charge in [-0.3, -0.25) is 9.89 Å². The Kier molecular flexibility index (Phi) is 13.2. The lowest BCUT2D eigenvalue weighted by atomic mass is 10.0. The molecule has 1 fully saturated rings. The molecule has 0 aromatic heterocycles. The first-order valence-electron chi connectivity index (χ1n) is 10.2. The minimum absolute atomic E-state index is 0. The largest absolute Gasteiger partial charge is 0.494 e. The summed E-state index contributed by atoms with van der Waals surface area (Å²) in [4.78, 5) is 6.82. The van der Waals surface area contributed by atoms with Gasteiger partial charge < -0.3 is 20.1 Å². The number of benzene rings is 1. The first-order valence-corrected chi connectivity index (χ1v) is 10.2. The molecule has 8 heteroatoms. The smallest absolute Gasteiger partial charge is 0.191 e. The Hall–Kier alpha value is -1.13. The Labute approximate surface area is 191 Å². The van der Waals surface area contributed by atoms with Crippen LogP contribution in [0.1, 0.15) is 26.7 Å². The van der Waals surface area contributed by atoms with Gasteiger partial charge in [-0.05, 0) is 43.0 Å². The molecule has 166 valence electrons. The third-order valence-electron chi connectivity index (χ3n) is 4.93. The second-order valence-corrected chi connectivity index (χ2v) is 7.35. The molecule has 0 bridgehead atoms. The van der Waals surface area contributed by atoms with E-state index in [4.69, 9.17) is 9.47 Å². The van der Waals surface area contributed by atoms with Crippen LogP contribution in [-0.4, -0.2) is 69.9 Å². The van der Waals surface area contributed by atoms with Crippen molar-refractivity contribution in [2.24, 2.45) is 10.9 Å². The Morgan fingerprint density at radius 1 is 1.17 bits per heavy atom. The van der Waals surface area contributed by atoms with Gasteiger partial charge in [0, 0.05) is 39.3 Å². The van der Waals surface area contributed by atoms with Crippen LogP contribution in [0.5, 0.6) is 5.75 Å². The highest BCUT2D eigenvalue weighted by molar-refractivity contribution is 14.0. The summed E-state index contributed by atoms with van der Waals surface area (Å²) in [6, 6.07) is 6.59. The summed E-state index contributed by atoms with van der Waals surface area (Å²) in [6.45, 7) is 10.5. The van der Waals surface area contributed by atoms with Crippen molar-refractivity contribution < 1.29 is 13.9 Å². The van der Waals surface area contributed by atoms with Crippen LogP contribution in [0.25, 0.3) is 0 Å². The number of guanidine groups is 1. The van der Waals surface area contributed by atoms with E-state index in [-0.39, 0.29) is 29.8 Å². The van der Waals surface area contributed by atoms with Gasteiger partial charge in [0.05, 0.1) is 19.8 Å². The molecule has 2 rings (SSSR count). The normalized spacial score (nSPS) is 16.2. The first-order chi connectivity index (χ1) is 13.6. The maximum Gasteiger partial charge on any atom is 0.191 e. The summed E-state index contributed by atoms with van der Waals surface area (Å²) in [7, 11) is 1.80. The lowest BCUT2D eigenvalue weighted by Crippen LogP contribution is -2.52. The molecule has 1 unspecified atom stereocenters. The molecule has 29 heavy (non-hydrogen) atoms. The monoisotopic (exact) mass is 522 g/mol. The molecule has 0 saturated carbocycles. The number of ether oxygens (including phenoxy) is 2. The molecule has 1 heterocycles. The lowest BCUT2D eigenvalue weighted by Gasteiger charge is -2.37. The number of nitrogens with zero attached hydrogens (tertiary/aromatic N) is 2. The summed E-state index contributed by atoms with van der Waals surface area (Å²) in [5, 5.41) is 6.82. The summed E-state index contributed by atoms with van der Waals surface area (Å²) in [6.07, 6.45) is 1.89. The molecule has 0 radical (unpaired) electrons. The second kappa shape index (κ2) is 14.8. The van der Waals surface area contributed by atoms with Crippen molar-refractivity contribution in [1.82, 2.24) is 15.5 Å². The summed E-state index contributed by atoms with van der Waals surface area (Å²) >= 11 is 0. The second-order valence-electron chi connectivity index (χ2n) is 7.35. The van der Waals surface area contributed by atoms with Gasteiger partial charge in [-0.1, -0.05) is 13.8 Å². The van der Waals surface area contributed by atoms with E-state index in [2.05, 4.69) is 34.4 Å². The van der Waals surface area contributed by atoms with Crippen molar-refractivity contribution in [2.75, 3.05) is 53.0 Å². The van der Waals surface area contributed by atoms with Crippen molar-refractivity contribution >= 4 is 29.9 Å². The Balaban J connectivity index is 0.00000420. The Morgan fingerprint density at radius 3 is 2.48 bits per heavy atom. The highest BCUT2D eigenvalue weighted by atomic mass is 127. The fourth-order valence-corrected chi connectivity index (χ4v) is 3.27. The molecule has 1 aromatic rings. The van der Waals surface area contributed by atoms with Gasteiger partial charge in [-0.2, -0.15) is 0 Å². The van der Waals surface area contributed by atoms with Crippen LogP contribution in [0.3, 0.4) is 0 Å². The molecule has 6 nitrogen and oxygen atoms in total. The highest BCUT2D eigenvalue weighted by Gasteiger charge is 2.23. The summed E-state index contributed by atoms with van der Waals surface area (Å²) in [5.74, 6) is 1.85. The SMILES string of the molecule is CN=C(NCCCCOc1ccc(F)cc1)NCC(C(C)C)N1CCOCC1.I. The number of hydrogen-bond donors (Lipinski definition) is 2. The number of nitrogens with one attached hydrogen (secondary N) is 2. The first kappa shape index (κ1) is 25.9. The van der Waals surface area contributed by atoms with E-state index >= 15 is 0 Å². The van der Waals surface area contributed by atoms with Crippen LogP contribution in [-0.2, 0) is 4.74 Å². The van der Waals surface area contributed by atoms with Gasteiger partial charge in [-0.25, -0.2) is 4.39 Å². The number of rotatable bonds is 10. The van der Waals surface area contributed by atoms with Crippen LogP contribution in [0.2, 0.25) is 0 Å². The predicted octanol–water partition coefficient (Wildman–Crippen LogP) is 3.12. The standard InChI is InChI=1S/C21H35FN4O2.HI/c1-17(2)20(26-11-14-27-15-12-26)16-25-21(23-3)24-10-4-5-13-28-19-8-6-18(22)7-9-19;/h6-9,17,20H,4-5,10-16H2,1-3H3,(H2,23,24,25);1H. The van der Waals surface area contributed by atoms with Gasteiger partial charge in [0.25, 0.3) is 0 Å². The van der Waals surface area contributed by atoms with Gasteiger partial charge in [0.1, 0.15) is 11.6 Å². The lowest BCUT2D eigenvalue weighted by molar-refractivity contribution is 0.00752. The Bertz CT molecular complexity index is 581. The fourth-order valence-electron chi connectivity index (χ4n) is 3.27. The molecule has 0 spiro atoms. The van der Waals surface area contributed by atoms with E-state index in [0.29, 0.717) is 24.3 Å². The van der Waals surface area contributed by atoms with Crippen LogP contribution in [0.15, 0.2) is 29.3 Å². The molecular formula is C21H36FIN4O2.